The first-order valence-electron chi connectivity index (χ1n) is 5.87. The van der Waals surface area contributed by atoms with Crippen LogP contribution < -0.4 is 5.32 Å². The number of carbonyl (C=O) groups is 1. The van der Waals surface area contributed by atoms with E-state index in [9.17, 15) is 4.79 Å². The molecular formula is C13H15N3O2S. The minimum Gasteiger partial charge on any atom is -0.358 e. The molecule has 1 N–H and O–H groups in total. The molecule has 5 nitrogen and oxygen atoms in total. The molecule has 0 spiro atoms. The van der Waals surface area contributed by atoms with Crippen molar-refractivity contribution in [1.29, 1.82) is 0 Å². The summed E-state index contributed by atoms with van der Waals surface area (Å²) in [6.07, 6.45) is 0. The smallest absolute Gasteiger partial charge is 0.257 e. The second-order valence-electron chi connectivity index (χ2n) is 4.05. The molecule has 19 heavy (non-hydrogen) atoms. The van der Waals surface area contributed by atoms with Gasteiger partial charge in [0.15, 0.2) is 5.82 Å². The van der Waals surface area contributed by atoms with Crippen LogP contribution in [0.3, 0.4) is 0 Å². The van der Waals surface area contributed by atoms with Gasteiger partial charge >= 0.3 is 0 Å². The van der Waals surface area contributed by atoms with Gasteiger partial charge in [0.1, 0.15) is 0 Å². The topological polar surface area (TPSA) is 68.0 Å². The number of nitrogens with zero attached hydrogens (tertiary/aromatic N) is 2. The summed E-state index contributed by atoms with van der Waals surface area (Å²) in [4.78, 5) is 15.4. The third-order valence-corrected chi connectivity index (χ3v) is 3.44. The van der Waals surface area contributed by atoms with Gasteiger partial charge in [0.2, 0.25) is 5.91 Å². The molecule has 0 aliphatic carbocycles. The van der Waals surface area contributed by atoms with Gasteiger partial charge in [-0.15, -0.1) is 11.8 Å². The number of hydrogen-bond acceptors (Lipinski definition) is 5. The molecular weight excluding hydrogens is 262 g/mol. The van der Waals surface area contributed by atoms with E-state index in [1.54, 1.807) is 7.05 Å². The minimum atomic E-state index is -0.00717. The second kappa shape index (κ2) is 6.38. The third kappa shape index (κ3) is 3.82. The fourth-order valence-electron chi connectivity index (χ4n) is 1.43. The quantitative estimate of drug-likeness (QED) is 0.905. The average Bonchev–Trinajstić information content (AvgIpc) is 2.88. The second-order valence-corrected chi connectivity index (χ2v) is 5.03. The molecule has 0 aliphatic rings. The van der Waals surface area contributed by atoms with Crippen LogP contribution in [0.5, 0.6) is 0 Å². The van der Waals surface area contributed by atoms with E-state index >= 15 is 0 Å². The van der Waals surface area contributed by atoms with Crippen LogP contribution in [-0.4, -0.2) is 28.8 Å². The third-order valence-electron chi connectivity index (χ3n) is 2.51. The van der Waals surface area contributed by atoms with Gasteiger partial charge in [-0.3, -0.25) is 4.79 Å². The molecule has 1 amide bonds. The van der Waals surface area contributed by atoms with Gasteiger partial charge in [-0.1, -0.05) is 22.9 Å². The Kier molecular flexibility index (Phi) is 4.57. The van der Waals surface area contributed by atoms with Crippen LogP contribution in [0, 0.1) is 6.92 Å². The molecule has 0 bridgehead atoms. The van der Waals surface area contributed by atoms with Gasteiger partial charge in [0, 0.05) is 12.6 Å². The molecule has 1 aromatic heterocycles. The van der Waals surface area contributed by atoms with Gasteiger partial charge in [-0.05, 0) is 19.1 Å². The summed E-state index contributed by atoms with van der Waals surface area (Å²) in [5.41, 5.74) is 2.09. The van der Waals surface area contributed by atoms with Crippen molar-refractivity contribution >= 4 is 17.7 Å². The fraction of sp³-hybridized carbons (Fsp3) is 0.308. The van der Waals surface area contributed by atoms with E-state index in [1.807, 2.05) is 31.2 Å². The summed E-state index contributed by atoms with van der Waals surface area (Å²) in [7, 11) is 1.62. The van der Waals surface area contributed by atoms with Gasteiger partial charge in [-0.25, -0.2) is 0 Å². The zero-order chi connectivity index (χ0) is 13.7. The van der Waals surface area contributed by atoms with Gasteiger partial charge in [-0.2, -0.15) is 4.98 Å². The maximum Gasteiger partial charge on any atom is 0.257 e. The van der Waals surface area contributed by atoms with Crippen LogP contribution >= 0.6 is 11.8 Å². The number of amides is 1. The van der Waals surface area contributed by atoms with E-state index in [2.05, 4.69) is 15.5 Å². The standard InChI is InChI=1S/C13H15N3O2S/c1-9-3-5-10(6-4-9)13-15-11(16-18-13)7-19-8-12(17)14-2/h3-6H,7-8H2,1-2H3,(H,14,17). The molecule has 2 aromatic rings. The fourth-order valence-corrected chi connectivity index (χ4v) is 2.16. The summed E-state index contributed by atoms with van der Waals surface area (Å²) in [6, 6.07) is 7.90. The largest absolute Gasteiger partial charge is 0.358 e. The molecule has 0 saturated heterocycles. The van der Waals surface area contributed by atoms with E-state index in [-0.39, 0.29) is 5.91 Å². The van der Waals surface area contributed by atoms with E-state index in [4.69, 9.17) is 4.52 Å². The molecule has 6 heteroatoms. The zero-order valence-electron chi connectivity index (χ0n) is 10.8. The lowest BCUT2D eigenvalue weighted by Gasteiger charge is -1.96. The molecule has 0 aliphatic heterocycles. The van der Waals surface area contributed by atoms with E-state index < -0.39 is 0 Å². The first kappa shape index (κ1) is 13.6. The van der Waals surface area contributed by atoms with E-state index in [0.29, 0.717) is 23.2 Å². The van der Waals surface area contributed by atoms with Crippen LogP contribution in [0.2, 0.25) is 0 Å². The molecule has 0 saturated carbocycles. The van der Waals surface area contributed by atoms with Crippen molar-refractivity contribution in [3.63, 3.8) is 0 Å². The average molecular weight is 277 g/mol. The number of rotatable bonds is 5. The highest BCUT2D eigenvalue weighted by atomic mass is 32.2. The van der Waals surface area contributed by atoms with Crippen LogP contribution in [0.15, 0.2) is 28.8 Å². The van der Waals surface area contributed by atoms with Crippen molar-refractivity contribution in [3.05, 3.63) is 35.7 Å². The van der Waals surface area contributed by atoms with Crippen LogP contribution in [0.1, 0.15) is 11.4 Å². The summed E-state index contributed by atoms with van der Waals surface area (Å²) >= 11 is 1.45. The Labute approximate surface area is 115 Å². The van der Waals surface area contributed by atoms with E-state index in [1.165, 1.54) is 17.3 Å². The normalized spacial score (nSPS) is 10.4. The van der Waals surface area contributed by atoms with Gasteiger partial charge < -0.3 is 9.84 Å². The van der Waals surface area contributed by atoms with Crippen LogP contribution in [0.25, 0.3) is 11.5 Å². The predicted molar refractivity (Wildman–Crippen MR) is 74.7 cm³/mol. The summed E-state index contributed by atoms with van der Waals surface area (Å²) in [5.74, 6) is 2.06. The predicted octanol–water partition coefficient (Wildman–Crippen LogP) is 2.02. The molecule has 0 radical (unpaired) electrons. The number of thioether (sulfide) groups is 1. The van der Waals surface area contributed by atoms with Gasteiger partial charge in [0.25, 0.3) is 5.89 Å². The molecule has 1 aromatic carbocycles. The van der Waals surface area contributed by atoms with Gasteiger partial charge in [0.05, 0.1) is 11.5 Å². The summed E-state index contributed by atoms with van der Waals surface area (Å²) < 4.78 is 5.20. The van der Waals surface area contributed by atoms with Crippen molar-refractivity contribution in [2.45, 2.75) is 12.7 Å². The Hall–Kier alpha value is -1.82. The lowest BCUT2D eigenvalue weighted by molar-refractivity contribution is -0.118. The Morgan fingerprint density at radius 2 is 2.11 bits per heavy atom. The van der Waals surface area contributed by atoms with Crippen molar-refractivity contribution in [2.24, 2.45) is 0 Å². The highest BCUT2D eigenvalue weighted by Gasteiger charge is 2.09. The first-order valence-corrected chi connectivity index (χ1v) is 7.02. The number of nitrogens with one attached hydrogen (secondary N) is 1. The molecule has 0 fully saturated rings. The molecule has 100 valence electrons. The van der Waals surface area contributed by atoms with Crippen LogP contribution in [0.4, 0.5) is 0 Å². The van der Waals surface area contributed by atoms with Crippen LogP contribution in [-0.2, 0) is 10.5 Å². The lowest BCUT2D eigenvalue weighted by Crippen LogP contribution is -2.19. The number of aromatic nitrogens is 2. The zero-order valence-corrected chi connectivity index (χ0v) is 11.7. The van der Waals surface area contributed by atoms with Crippen molar-refractivity contribution in [1.82, 2.24) is 15.5 Å². The number of benzene rings is 1. The molecule has 2 rings (SSSR count). The first-order chi connectivity index (χ1) is 9.19. The Balaban J connectivity index is 1.95. The highest BCUT2D eigenvalue weighted by Crippen LogP contribution is 2.19. The number of hydrogen-bond donors (Lipinski definition) is 1. The number of carbonyl (C=O) groups excluding carboxylic acids is 1. The monoisotopic (exact) mass is 277 g/mol. The summed E-state index contributed by atoms with van der Waals surface area (Å²) in [6.45, 7) is 2.03. The van der Waals surface area contributed by atoms with E-state index in [0.717, 1.165) is 5.56 Å². The minimum absolute atomic E-state index is 0.00717. The van der Waals surface area contributed by atoms with Crippen molar-refractivity contribution < 1.29 is 9.32 Å². The summed E-state index contributed by atoms with van der Waals surface area (Å²) in [5, 5.41) is 6.46. The Morgan fingerprint density at radius 1 is 1.37 bits per heavy atom. The highest BCUT2D eigenvalue weighted by molar-refractivity contribution is 7.99. The number of aryl methyl sites for hydroxylation is 1. The van der Waals surface area contributed by atoms with Crippen molar-refractivity contribution in [3.8, 4) is 11.5 Å². The Morgan fingerprint density at radius 3 is 2.79 bits per heavy atom. The molecule has 0 unspecified atom stereocenters. The lowest BCUT2D eigenvalue weighted by atomic mass is 10.1. The van der Waals surface area contributed by atoms with Crippen molar-refractivity contribution in [2.75, 3.05) is 12.8 Å². The molecule has 0 atom stereocenters. The SMILES string of the molecule is CNC(=O)CSCc1noc(-c2ccc(C)cc2)n1. The maximum absolute atomic E-state index is 11.1. The maximum atomic E-state index is 11.1. The molecule has 1 heterocycles. The Bertz CT molecular complexity index is 551.